The molecule has 5 heteroatoms. The highest BCUT2D eigenvalue weighted by Crippen LogP contribution is 2.57. The van der Waals surface area contributed by atoms with E-state index in [1.54, 1.807) is 23.5 Å². The van der Waals surface area contributed by atoms with Crippen molar-refractivity contribution in [3.8, 4) is 0 Å². The van der Waals surface area contributed by atoms with Crippen LogP contribution in [-0.2, 0) is 14.4 Å². The maximum absolute atomic E-state index is 13.5. The molecule has 0 N–H and O–H groups in total. The van der Waals surface area contributed by atoms with Gasteiger partial charge in [-0.1, -0.05) is 44.2 Å². The standard InChI is InChI=1S/C22H24O3S2/c1-21(2)12-18(24)22(19(25)13-21)11-15(20-26-8-9-27-20)17(23)10-16(22)14-6-4-3-5-7-14/h3-7,16H,8-13H2,1-2H3. The molecule has 2 saturated carbocycles. The maximum Gasteiger partial charge on any atom is 0.161 e. The summed E-state index contributed by atoms with van der Waals surface area (Å²) in [6.07, 6.45) is 1.34. The first-order valence-electron chi connectivity index (χ1n) is 9.47. The van der Waals surface area contributed by atoms with Crippen molar-refractivity contribution in [1.82, 2.24) is 0 Å². The molecule has 3 fully saturated rings. The fourth-order valence-corrected chi connectivity index (χ4v) is 7.32. The third-order valence-corrected chi connectivity index (χ3v) is 8.85. The lowest BCUT2D eigenvalue weighted by Gasteiger charge is -2.48. The molecule has 1 aromatic rings. The second-order valence-corrected chi connectivity index (χ2v) is 11.0. The molecule has 1 saturated heterocycles. The van der Waals surface area contributed by atoms with Crippen LogP contribution in [-0.4, -0.2) is 28.9 Å². The number of benzene rings is 1. The lowest BCUT2D eigenvalue weighted by Crippen LogP contribution is -2.54. The minimum absolute atomic E-state index is 0.0243. The summed E-state index contributed by atoms with van der Waals surface area (Å²) in [5, 5.41) is 0. The van der Waals surface area contributed by atoms with Crippen LogP contribution in [0.3, 0.4) is 0 Å². The first-order chi connectivity index (χ1) is 12.8. The zero-order valence-electron chi connectivity index (χ0n) is 15.7. The number of carbonyl (C=O) groups excluding carboxylic acids is 3. The third-order valence-electron chi connectivity index (χ3n) is 6.05. The Labute approximate surface area is 168 Å². The number of thioether (sulfide) groups is 2. The van der Waals surface area contributed by atoms with E-state index in [2.05, 4.69) is 0 Å². The van der Waals surface area contributed by atoms with E-state index in [-0.39, 0.29) is 41.5 Å². The van der Waals surface area contributed by atoms with Gasteiger partial charge >= 0.3 is 0 Å². The highest BCUT2D eigenvalue weighted by Gasteiger charge is 2.59. The molecule has 0 bridgehead atoms. The summed E-state index contributed by atoms with van der Waals surface area (Å²) < 4.78 is 1.04. The largest absolute Gasteiger partial charge is 0.299 e. The van der Waals surface area contributed by atoms with E-state index in [1.807, 2.05) is 44.2 Å². The lowest BCUT2D eigenvalue weighted by molar-refractivity contribution is -0.151. The highest BCUT2D eigenvalue weighted by atomic mass is 32.2. The summed E-state index contributed by atoms with van der Waals surface area (Å²) in [6, 6.07) is 9.68. The zero-order chi connectivity index (χ0) is 19.2. The summed E-state index contributed by atoms with van der Waals surface area (Å²) in [6.45, 7) is 3.98. The summed E-state index contributed by atoms with van der Waals surface area (Å²) in [7, 11) is 0. The monoisotopic (exact) mass is 400 g/mol. The molecule has 142 valence electrons. The quantitative estimate of drug-likeness (QED) is 0.502. The van der Waals surface area contributed by atoms with Crippen molar-refractivity contribution in [2.45, 2.75) is 45.4 Å². The minimum atomic E-state index is -1.07. The van der Waals surface area contributed by atoms with E-state index in [0.29, 0.717) is 12.8 Å². The number of hydrogen-bond acceptors (Lipinski definition) is 5. The van der Waals surface area contributed by atoms with Crippen molar-refractivity contribution < 1.29 is 14.4 Å². The van der Waals surface area contributed by atoms with Crippen LogP contribution in [0.4, 0.5) is 0 Å². The SMILES string of the molecule is CC1(C)CC(=O)C2(CC(=C3SCCS3)C(=O)CC2c2ccccc2)C(=O)C1. The number of ketones is 3. The van der Waals surface area contributed by atoms with Gasteiger partial charge in [-0.15, -0.1) is 23.5 Å². The van der Waals surface area contributed by atoms with E-state index in [1.165, 1.54) is 0 Å². The van der Waals surface area contributed by atoms with Gasteiger partial charge in [0, 0.05) is 46.5 Å². The molecule has 1 spiro atoms. The van der Waals surface area contributed by atoms with Crippen LogP contribution in [0, 0.1) is 10.8 Å². The Kier molecular flexibility index (Phi) is 4.88. The molecule has 1 aliphatic heterocycles. The van der Waals surface area contributed by atoms with Gasteiger partial charge in [-0.25, -0.2) is 0 Å². The summed E-state index contributed by atoms with van der Waals surface area (Å²) in [4.78, 5) is 40.0. The molecule has 3 nitrogen and oxygen atoms in total. The number of allylic oxidation sites excluding steroid dienone is 1. The Hall–Kier alpha value is -1.33. The molecular formula is C22H24O3S2. The summed E-state index contributed by atoms with van der Waals surface area (Å²) in [5.74, 6) is 1.79. The second kappa shape index (κ2) is 6.93. The second-order valence-electron chi connectivity index (χ2n) is 8.57. The number of rotatable bonds is 1. The highest BCUT2D eigenvalue weighted by molar-refractivity contribution is 8.25. The molecule has 3 aliphatic rings. The van der Waals surface area contributed by atoms with Gasteiger partial charge in [-0.2, -0.15) is 0 Å². The molecule has 1 unspecified atom stereocenters. The Bertz CT molecular complexity index is 810. The van der Waals surface area contributed by atoms with Crippen LogP contribution in [0.5, 0.6) is 0 Å². The van der Waals surface area contributed by atoms with Gasteiger partial charge in [0.25, 0.3) is 0 Å². The minimum Gasteiger partial charge on any atom is -0.299 e. The number of hydrogen-bond donors (Lipinski definition) is 0. The fourth-order valence-electron chi connectivity index (χ4n) is 4.73. The van der Waals surface area contributed by atoms with E-state index in [4.69, 9.17) is 0 Å². The molecule has 1 heterocycles. The van der Waals surface area contributed by atoms with Crippen molar-refractivity contribution in [2.75, 3.05) is 11.5 Å². The fraction of sp³-hybridized carbons (Fsp3) is 0.500. The van der Waals surface area contributed by atoms with E-state index in [0.717, 1.165) is 26.9 Å². The van der Waals surface area contributed by atoms with Crippen molar-refractivity contribution in [3.05, 3.63) is 45.7 Å². The topological polar surface area (TPSA) is 51.2 Å². The number of Topliss-reactive ketones (excluding diaryl/α,β-unsaturated/α-hetero) is 3. The van der Waals surface area contributed by atoms with Gasteiger partial charge in [-0.3, -0.25) is 14.4 Å². The average Bonchev–Trinajstić information content (AvgIpc) is 3.14. The van der Waals surface area contributed by atoms with Gasteiger partial charge in [0.15, 0.2) is 5.78 Å². The molecule has 0 aromatic heterocycles. The Morgan fingerprint density at radius 3 is 2.07 bits per heavy atom. The predicted molar refractivity (Wildman–Crippen MR) is 111 cm³/mol. The van der Waals surface area contributed by atoms with Crippen LogP contribution in [0.25, 0.3) is 0 Å². The van der Waals surface area contributed by atoms with Crippen LogP contribution >= 0.6 is 23.5 Å². The van der Waals surface area contributed by atoms with Crippen molar-refractivity contribution in [2.24, 2.45) is 10.8 Å². The number of carbonyl (C=O) groups is 3. The van der Waals surface area contributed by atoms with Crippen LogP contribution in [0.1, 0.15) is 51.0 Å². The molecule has 0 amide bonds. The van der Waals surface area contributed by atoms with Gasteiger partial charge in [0.1, 0.15) is 11.6 Å². The molecular weight excluding hydrogens is 376 g/mol. The van der Waals surface area contributed by atoms with Crippen LogP contribution < -0.4 is 0 Å². The third kappa shape index (κ3) is 3.23. The molecule has 27 heavy (non-hydrogen) atoms. The summed E-state index contributed by atoms with van der Waals surface area (Å²) in [5.41, 5.74) is 0.294. The molecule has 2 aliphatic carbocycles. The van der Waals surface area contributed by atoms with E-state index >= 15 is 0 Å². The van der Waals surface area contributed by atoms with Crippen LogP contribution in [0.2, 0.25) is 0 Å². The first kappa shape index (κ1) is 19.0. The van der Waals surface area contributed by atoms with Gasteiger partial charge < -0.3 is 0 Å². The van der Waals surface area contributed by atoms with Crippen molar-refractivity contribution in [1.29, 1.82) is 0 Å². The predicted octanol–water partition coefficient (Wildman–Crippen LogP) is 4.77. The normalized spacial score (nSPS) is 27.5. The first-order valence-corrected chi connectivity index (χ1v) is 11.4. The maximum atomic E-state index is 13.5. The Balaban J connectivity index is 1.84. The lowest BCUT2D eigenvalue weighted by atomic mass is 9.52. The Morgan fingerprint density at radius 2 is 1.48 bits per heavy atom. The van der Waals surface area contributed by atoms with Gasteiger partial charge in [-0.05, 0) is 17.4 Å². The van der Waals surface area contributed by atoms with Crippen LogP contribution in [0.15, 0.2) is 40.1 Å². The molecule has 0 radical (unpaired) electrons. The average molecular weight is 401 g/mol. The van der Waals surface area contributed by atoms with Gasteiger partial charge in [0.2, 0.25) is 0 Å². The van der Waals surface area contributed by atoms with Crippen molar-refractivity contribution in [3.63, 3.8) is 0 Å². The smallest absolute Gasteiger partial charge is 0.161 e. The Morgan fingerprint density at radius 1 is 0.889 bits per heavy atom. The van der Waals surface area contributed by atoms with E-state index < -0.39 is 5.41 Å². The zero-order valence-corrected chi connectivity index (χ0v) is 17.4. The van der Waals surface area contributed by atoms with Crippen molar-refractivity contribution >= 4 is 40.9 Å². The molecule has 1 aromatic carbocycles. The summed E-state index contributed by atoms with van der Waals surface area (Å²) >= 11 is 3.40. The molecule has 4 rings (SSSR count). The molecule has 1 atom stereocenters. The van der Waals surface area contributed by atoms with E-state index in [9.17, 15) is 14.4 Å². The van der Waals surface area contributed by atoms with Gasteiger partial charge in [0.05, 0.1) is 5.41 Å².